The van der Waals surface area contributed by atoms with Gasteiger partial charge in [0.15, 0.2) is 0 Å². The van der Waals surface area contributed by atoms with Crippen molar-refractivity contribution in [3.05, 3.63) is 35.9 Å². The van der Waals surface area contributed by atoms with Crippen LogP contribution < -0.4 is 0 Å². The van der Waals surface area contributed by atoms with Gasteiger partial charge in [-0.1, -0.05) is 30.3 Å². The average molecular weight is 315 g/mol. The summed E-state index contributed by atoms with van der Waals surface area (Å²) >= 11 is 0. The maximum atomic E-state index is 12.2. The van der Waals surface area contributed by atoms with Crippen LogP contribution in [0.3, 0.4) is 0 Å². The van der Waals surface area contributed by atoms with E-state index >= 15 is 0 Å². The van der Waals surface area contributed by atoms with Crippen molar-refractivity contribution in [1.82, 2.24) is 14.7 Å². The van der Waals surface area contributed by atoms with Gasteiger partial charge < -0.3 is 9.80 Å². The van der Waals surface area contributed by atoms with E-state index in [1.54, 1.807) is 7.05 Å². The molecule has 0 N–H and O–H groups in total. The van der Waals surface area contributed by atoms with Crippen LogP contribution in [0, 0.1) is 0 Å². The second-order valence-electron chi connectivity index (χ2n) is 6.49. The molecular formula is C18H25N3O2. The minimum absolute atomic E-state index is 0.0634. The van der Waals surface area contributed by atoms with Gasteiger partial charge in [0.1, 0.15) is 0 Å². The summed E-state index contributed by atoms with van der Waals surface area (Å²) in [5, 5.41) is 0. The monoisotopic (exact) mass is 315 g/mol. The van der Waals surface area contributed by atoms with Gasteiger partial charge in [-0.25, -0.2) is 4.79 Å². The van der Waals surface area contributed by atoms with Crippen LogP contribution in [0.1, 0.15) is 24.8 Å². The number of carbonyl (C=O) groups is 2. The number of hydrogen-bond acceptors (Lipinski definition) is 3. The van der Waals surface area contributed by atoms with Gasteiger partial charge in [0.2, 0.25) is 5.91 Å². The van der Waals surface area contributed by atoms with Crippen molar-refractivity contribution < 1.29 is 9.59 Å². The average Bonchev–Trinajstić information content (AvgIpc) is 2.60. The third-order valence-corrected chi connectivity index (χ3v) is 5.03. The second-order valence-corrected chi connectivity index (χ2v) is 6.49. The maximum absolute atomic E-state index is 12.2. The molecule has 0 unspecified atom stereocenters. The zero-order chi connectivity index (χ0) is 16.2. The van der Waals surface area contributed by atoms with Crippen LogP contribution in [0.15, 0.2) is 30.3 Å². The van der Waals surface area contributed by atoms with Crippen LogP contribution in [0.2, 0.25) is 0 Å². The molecular weight excluding hydrogens is 290 g/mol. The Labute approximate surface area is 137 Å². The van der Waals surface area contributed by atoms with Crippen LogP contribution in [-0.2, 0) is 11.2 Å². The molecule has 0 spiro atoms. The number of nitrogens with zero attached hydrogens (tertiary/aromatic N) is 3. The first kappa shape index (κ1) is 16.0. The molecule has 3 amide bonds. The van der Waals surface area contributed by atoms with Gasteiger partial charge in [-0.2, -0.15) is 0 Å². The van der Waals surface area contributed by atoms with Crippen LogP contribution in [0.25, 0.3) is 0 Å². The molecule has 0 saturated carbocycles. The number of imide groups is 1. The van der Waals surface area contributed by atoms with Crippen LogP contribution >= 0.6 is 0 Å². The van der Waals surface area contributed by atoms with Crippen molar-refractivity contribution in [1.29, 1.82) is 0 Å². The fraction of sp³-hybridized carbons (Fsp3) is 0.556. The smallest absolute Gasteiger partial charge is 0.321 e. The first-order valence-corrected chi connectivity index (χ1v) is 8.48. The lowest BCUT2D eigenvalue weighted by Gasteiger charge is -2.41. The van der Waals surface area contributed by atoms with Crippen LogP contribution in [0.5, 0.6) is 0 Å². The molecule has 0 bridgehead atoms. The van der Waals surface area contributed by atoms with E-state index in [2.05, 4.69) is 29.2 Å². The summed E-state index contributed by atoms with van der Waals surface area (Å²) in [6.45, 7) is 3.71. The largest absolute Gasteiger partial charge is 0.326 e. The zero-order valence-corrected chi connectivity index (χ0v) is 13.8. The predicted molar refractivity (Wildman–Crippen MR) is 89.1 cm³/mol. The highest BCUT2D eigenvalue weighted by Gasteiger charge is 2.34. The van der Waals surface area contributed by atoms with E-state index in [9.17, 15) is 9.59 Å². The minimum Gasteiger partial charge on any atom is -0.321 e. The number of carbonyl (C=O) groups excluding carboxylic acids is 2. The maximum Gasteiger partial charge on any atom is 0.326 e. The molecule has 3 rings (SSSR count). The van der Waals surface area contributed by atoms with Crippen molar-refractivity contribution >= 4 is 11.9 Å². The molecule has 0 aromatic heterocycles. The first-order chi connectivity index (χ1) is 11.1. The number of benzene rings is 1. The Morgan fingerprint density at radius 3 is 2.43 bits per heavy atom. The summed E-state index contributed by atoms with van der Waals surface area (Å²) in [6.07, 6.45) is 3.53. The standard InChI is InChI=1S/C18H25N3O2/c1-19-17(22)10-14-21(18(19)23)16-8-12-20(13-9-16)11-7-15-5-3-2-4-6-15/h2-6,16H,7-14H2,1H3. The molecule has 5 nitrogen and oxygen atoms in total. The molecule has 23 heavy (non-hydrogen) atoms. The van der Waals surface area contributed by atoms with Gasteiger partial charge in [-0.15, -0.1) is 0 Å². The lowest BCUT2D eigenvalue weighted by atomic mass is 10.0. The molecule has 124 valence electrons. The minimum atomic E-state index is -0.121. The lowest BCUT2D eigenvalue weighted by Crippen LogP contribution is -2.56. The normalized spacial score (nSPS) is 21.1. The fourth-order valence-corrected chi connectivity index (χ4v) is 3.50. The Bertz CT molecular complexity index is 553. The second kappa shape index (κ2) is 7.13. The number of piperidine rings is 1. The summed E-state index contributed by atoms with van der Waals surface area (Å²) in [5.41, 5.74) is 1.38. The molecule has 0 aliphatic carbocycles. The predicted octanol–water partition coefficient (Wildman–Crippen LogP) is 1.98. The third kappa shape index (κ3) is 3.72. The van der Waals surface area contributed by atoms with Crippen molar-refractivity contribution in [2.75, 3.05) is 33.2 Å². The third-order valence-electron chi connectivity index (χ3n) is 5.03. The van der Waals surface area contributed by atoms with E-state index in [1.165, 1.54) is 10.5 Å². The SMILES string of the molecule is CN1C(=O)CCN(C2CCN(CCc3ccccc3)CC2)C1=O. The Kier molecular flexibility index (Phi) is 4.96. The Hall–Kier alpha value is -1.88. The van der Waals surface area contributed by atoms with E-state index in [-0.39, 0.29) is 18.0 Å². The van der Waals surface area contributed by atoms with Gasteiger partial charge in [-0.05, 0) is 24.8 Å². The van der Waals surface area contributed by atoms with Crippen molar-refractivity contribution in [2.24, 2.45) is 0 Å². The molecule has 2 aliphatic rings. The lowest BCUT2D eigenvalue weighted by molar-refractivity contribution is -0.130. The number of rotatable bonds is 4. The molecule has 2 aliphatic heterocycles. The number of amides is 3. The highest BCUT2D eigenvalue weighted by atomic mass is 16.2. The topological polar surface area (TPSA) is 43.9 Å². The van der Waals surface area contributed by atoms with Gasteiger partial charge in [-0.3, -0.25) is 9.69 Å². The Morgan fingerprint density at radius 1 is 1.04 bits per heavy atom. The van der Waals surface area contributed by atoms with E-state index < -0.39 is 0 Å². The van der Waals surface area contributed by atoms with Gasteiger partial charge in [0.25, 0.3) is 0 Å². The quantitative estimate of drug-likeness (QED) is 0.853. The molecule has 2 fully saturated rings. The molecule has 0 radical (unpaired) electrons. The number of likely N-dealkylation sites (tertiary alicyclic amines) is 1. The molecule has 0 atom stereocenters. The number of hydrogen-bond donors (Lipinski definition) is 0. The highest BCUT2D eigenvalue weighted by Crippen LogP contribution is 2.21. The summed E-state index contributed by atoms with van der Waals surface area (Å²) in [6, 6.07) is 10.7. The molecule has 2 heterocycles. The fourth-order valence-electron chi connectivity index (χ4n) is 3.50. The van der Waals surface area contributed by atoms with Crippen LogP contribution in [0.4, 0.5) is 4.79 Å². The Morgan fingerprint density at radius 2 is 1.74 bits per heavy atom. The zero-order valence-electron chi connectivity index (χ0n) is 13.8. The van der Waals surface area contributed by atoms with Gasteiger partial charge in [0.05, 0.1) is 0 Å². The summed E-state index contributed by atoms with van der Waals surface area (Å²) < 4.78 is 0. The summed E-state index contributed by atoms with van der Waals surface area (Å²) in [5.74, 6) is -0.0634. The van der Waals surface area contributed by atoms with E-state index in [1.807, 2.05) is 11.0 Å². The summed E-state index contributed by atoms with van der Waals surface area (Å²) in [7, 11) is 1.59. The highest BCUT2D eigenvalue weighted by molar-refractivity contribution is 5.96. The van der Waals surface area contributed by atoms with Gasteiger partial charge >= 0.3 is 6.03 Å². The molecule has 1 aromatic carbocycles. The molecule has 1 aromatic rings. The molecule has 5 heteroatoms. The summed E-state index contributed by atoms with van der Waals surface area (Å²) in [4.78, 5) is 29.5. The van der Waals surface area contributed by atoms with Crippen molar-refractivity contribution in [2.45, 2.75) is 31.7 Å². The van der Waals surface area contributed by atoms with E-state index in [4.69, 9.17) is 0 Å². The van der Waals surface area contributed by atoms with Crippen LogP contribution in [-0.4, -0.2) is 65.9 Å². The Balaban J connectivity index is 1.47. The van der Waals surface area contributed by atoms with E-state index in [0.717, 1.165) is 38.9 Å². The first-order valence-electron chi connectivity index (χ1n) is 8.48. The number of urea groups is 1. The van der Waals surface area contributed by atoms with Crippen molar-refractivity contribution in [3.8, 4) is 0 Å². The van der Waals surface area contributed by atoms with Gasteiger partial charge in [0, 0.05) is 45.7 Å². The van der Waals surface area contributed by atoms with E-state index in [0.29, 0.717) is 13.0 Å². The van der Waals surface area contributed by atoms with Crippen molar-refractivity contribution in [3.63, 3.8) is 0 Å². The molecule has 2 saturated heterocycles.